The van der Waals surface area contributed by atoms with Gasteiger partial charge in [-0.05, 0) is 49.6 Å². The summed E-state index contributed by atoms with van der Waals surface area (Å²) < 4.78 is 6.65. The number of carbonyl (C=O) groups excluding carboxylic acids is 3. The third-order valence-electron chi connectivity index (χ3n) is 5.50. The molecule has 0 spiro atoms. The van der Waals surface area contributed by atoms with Crippen LogP contribution in [0.5, 0.6) is 0 Å². The van der Waals surface area contributed by atoms with Crippen molar-refractivity contribution in [3.05, 3.63) is 69.5 Å². The molecule has 0 saturated carbocycles. The zero-order valence-corrected chi connectivity index (χ0v) is 23.8. The number of anilines is 1. The average molecular weight is 579 g/mol. The van der Waals surface area contributed by atoms with Crippen LogP contribution in [0.3, 0.4) is 0 Å². The van der Waals surface area contributed by atoms with Crippen LogP contribution in [-0.2, 0) is 16.1 Å². The average Bonchev–Trinajstić information content (AvgIpc) is 3.29. The lowest BCUT2D eigenvalue weighted by Crippen LogP contribution is -2.32. The van der Waals surface area contributed by atoms with Gasteiger partial charge in [0.05, 0.1) is 40.7 Å². The molecule has 1 atom stereocenters. The van der Waals surface area contributed by atoms with Crippen LogP contribution in [0.2, 0.25) is 10.0 Å². The van der Waals surface area contributed by atoms with Gasteiger partial charge in [-0.1, -0.05) is 60.9 Å². The van der Waals surface area contributed by atoms with Gasteiger partial charge in [-0.3, -0.25) is 9.59 Å². The molecule has 0 bridgehead atoms. The summed E-state index contributed by atoms with van der Waals surface area (Å²) in [7, 11) is 1.28. The van der Waals surface area contributed by atoms with E-state index in [-0.39, 0.29) is 34.1 Å². The fourth-order valence-corrected chi connectivity index (χ4v) is 5.07. The second-order valence-corrected chi connectivity index (χ2v) is 10.5. The van der Waals surface area contributed by atoms with E-state index in [2.05, 4.69) is 20.8 Å². The number of rotatable bonds is 11. The van der Waals surface area contributed by atoms with Crippen LogP contribution < -0.4 is 10.6 Å². The van der Waals surface area contributed by atoms with Crippen LogP contribution in [0.1, 0.15) is 59.8 Å². The number of esters is 1. The van der Waals surface area contributed by atoms with Crippen LogP contribution in [0, 0.1) is 5.92 Å². The monoisotopic (exact) mass is 577 g/mol. The number of hydrogen-bond donors (Lipinski definition) is 2. The van der Waals surface area contributed by atoms with Gasteiger partial charge in [0.2, 0.25) is 5.91 Å². The number of halogens is 2. The third-order valence-corrected chi connectivity index (χ3v) is 7.01. The van der Waals surface area contributed by atoms with E-state index in [0.29, 0.717) is 40.2 Å². The summed E-state index contributed by atoms with van der Waals surface area (Å²) in [4.78, 5) is 37.7. The molecule has 0 saturated heterocycles. The summed E-state index contributed by atoms with van der Waals surface area (Å²) in [6.07, 6.45) is 0.616. The van der Waals surface area contributed by atoms with E-state index in [9.17, 15) is 14.4 Å². The van der Waals surface area contributed by atoms with Crippen molar-refractivity contribution in [1.82, 2.24) is 20.1 Å². The van der Waals surface area contributed by atoms with E-state index in [0.717, 1.165) is 0 Å². The van der Waals surface area contributed by atoms with Gasteiger partial charge in [0.25, 0.3) is 5.91 Å². The highest BCUT2D eigenvalue weighted by Crippen LogP contribution is 2.27. The Labute approximate surface area is 235 Å². The summed E-state index contributed by atoms with van der Waals surface area (Å²) in [5.41, 5.74) is 0.939. The third kappa shape index (κ3) is 7.49. The number of para-hydroxylation sites is 1. The topological polar surface area (TPSA) is 115 Å². The van der Waals surface area contributed by atoms with Gasteiger partial charge in [0.1, 0.15) is 0 Å². The molecule has 0 unspecified atom stereocenters. The Morgan fingerprint density at radius 1 is 1.08 bits per heavy atom. The molecule has 2 amide bonds. The van der Waals surface area contributed by atoms with E-state index in [1.807, 2.05) is 25.3 Å². The summed E-state index contributed by atoms with van der Waals surface area (Å²) in [6.45, 7) is 6.57. The van der Waals surface area contributed by atoms with Crippen LogP contribution in [0.4, 0.5) is 5.69 Å². The maximum Gasteiger partial charge on any atom is 0.339 e. The van der Waals surface area contributed by atoms with E-state index >= 15 is 0 Å². The van der Waals surface area contributed by atoms with Crippen molar-refractivity contribution < 1.29 is 19.1 Å². The number of thioether (sulfide) groups is 1. The summed E-state index contributed by atoms with van der Waals surface area (Å²) in [5, 5.41) is 15.7. The minimum atomic E-state index is -0.540. The van der Waals surface area contributed by atoms with E-state index in [4.69, 9.17) is 27.9 Å². The minimum Gasteiger partial charge on any atom is -0.465 e. The van der Waals surface area contributed by atoms with Gasteiger partial charge in [0, 0.05) is 11.6 Å². The molecule has 202 valence electrons. The van der Waals surface area contributed by atoms with Crippen molar-refractivity contribution in [2.45, 2.75) is 44.9 Å². The predicted octanol–water partition coefficient (Wildman–Crippen LogP) is 5.64. The van der Waals surface area contributed by atoms with Gasteiger partial charge in [0.15, 0.2) is 11.0 Å². The summed E-state index contributed by atoms with van der Waals surface area (Å²) in [6, 6.07) is 10.9. The van der Waals surface area contributed by atoms with Gasteiger partial charge in [-0.25, -0.2) is 4.79 Å². The van der Waals surface area contributed by atoms with Crippen LogP contribution in [0.15, 0.2) is 47.6 Å². The van der Waals surface area contributed by atoms with Crippen LogP contribution in [0.25, 0.3) is 0 Å². The molecule has 1 aromatic heterocycles. The van der Waals surface area contributed by atoms with Crippen LogP contribution in [-0.4, -0.2) is 45.4 Å². The molecule has 0 aliphatic heterocycles. The Balaban J connectivity index is 1.75. The Bertz CT molecular complexity index is 1310. The van der Waals surface area contributed by atoms with Gasteiger partial charge in [-0.2, -0.15) is 0 Å². The Morgan fingerprint density at radius 2 is 1.82 bits per heavy atom. The fourth-order valence-electron chi connectivity index (χ4n) is 3.77. The molecule has 1 heterocycles. The molecule has 3 aromatic rings. The lowest BCUT2D eigenvalue weighted by molar-refractivity contribution is -0.113. The molecule has 0 aliphatic carbocycles. The second kappa shape index (κ2) is 13.6. The van der Waals surface area contributed by atoms with Crippen LogP contribution >= 0.6 is 35.0 Å². The Hall–Kier alpha value is -3.08. The molecule has 9 nitrogen and oxygen atoms in total. The first-order valence-electron chi connectivity index (χ1n) is 11.9. The molecule has 2 N–H and O–H groups in total. The standard InChI is InChI=1S/C26H29Cl2N5O4S/c1-5-33-23(21(12-15(2)3)30-24(35)17-11-10-16(27)13-19(17)28)31-32-26(33)38-14-22(34)29-20-9-7-6-8-18(20)25(36)37-4/h6-11,13,15,21H,5,12,14H2,1-4H3,(H,29,34)(H,30,35)/t21-/m1/s1. The quantitative estimate of drug-likeness (QED) is 0.224. The maximum absolute atomic E-state index is 13.0. The zero-order valence-electron chi connectivity index (χ0n) is 21.5. The number of hydrogen-bond acceptors (Lipinski definition) is 7. The molecule has 12 heteroatoms. The number of ether oxygens (including phenoxy) is 1. The lowest BCUT2D eigenvalue weighted by atomic mass is 10.0. The smallest absolute Gasteiger partial charge is 0.339 e. The first-order chi connectivity index (χ1) is 18.1. The number of nitrogens with zero attached hydrogens (tertiary/aromatic N) is 3. The highest BCUT2D eigenvalue weighted by atomic mass is 35.5. The van der Waals surface area contributed by atoms with Gasteiger partial charge >= 0.3 is 5.97 Å². The molecular formula is C26H29Cl2N5O4S. The van der Waals surface area contributed by atoms with Gasteiger partial charge in [-0.15, -0.1) is 10.2 Å². The van der Waals surface area contributed by atoms with Crippen molar-refractivity contribution >= 4 is 58.4 Å². The van der Waals surface area contributed by atoms with Crippen molar-refractivity contribution in [2.75, 3.05) is 18.2 Å². The van der Waals surface area contributed by atoms with Gasteiger partial charge < -0.3 is 19.9 Å². The fraction of sp³-hybridized carbons (Fsp3) is 0.346. The number of aromatic nitrogens is 3. The lowest BCUT2D eigenvalue weighted by Gasteiger charge is -2.21. The Morgan fingerprint density at radius 3 is 2.47 bits per heavy atom. The van der Waals surface area contributed by atoms with Crippen molar-refractivity contribution in [1.29, 1.82) is 0 Å². The maximum atomic E-state index is 13.0. The molecular weight excluding hydrogens is 549 g/mol. The SMILES string of the molecule is CCn1c(SCC(=O)Nc2ccccc2C(=O)OC)nnc1[C@@H](CC(C)C)NC(=O)c1ccc(Cl)cc1Cl. The number of benzene rings is 2. The molecule has 2 aromatic carbocycles. The number of methoxy groups -OCH3 is 1. The number of nitrogens with one attached hydrogen (secondary N) is 2. The first-order valence-corrected chi connectivity index (χ1v) is 13.7. The molecule has 0 aliphatic rings. The summed E-state index contributed by atoms with van der Waals surface area (Å²) in [5.74, 6) is -0.334. The van der Waals surface area contributed by atoms with Crippen molar-refractivity contribution in [3.63, 3.8) is 0 Å². The highest BCUT2D eigenvalue weighted by molar-refractivity contribution is 7.99. The molecule has 38 heavy (non-hydrogen) atoms. The second-order valence-electron chi connectivity index (χ2n) is 8.74. The van der Waals surface area contributed by atoms with E-state index in [1.54, 1.807) is 36.4 Å². The highest BCUT2D eigenvalue weighted by Gasteiger charge is 2.25. The zero-order chi connectivity index (χ0) is 27.8. The number of carbonyl (C=O) groups is 3. The molecule has 3 rings (SSSR count). The first kappa shape index (κ1) is 29.5. The minimum absolute atomic E-state index is 0.0369. The number of amides is 2. The molecule has 0 fully saturated rings. The normalized spacial score (nSPS) is 11.8. The largest absolute Gasteiger partial charge is 0.465 e. The predicted molar refractivity (Wildman–Crippen MR) is 149 cm³/mol. The summed E-state index contributed by atoms with van der Waals surface area (Å²) >= 11 is 13.4. The van der Waals surface area contributed by atoms with Crippen molar-refractivity contribution in [2.24, 2.45) is 5.92 Å². The van der Waals surface area contributed by atoms with Crippen molar-refractivity contribution in [3.8, 4) is 0 Å². The van der Waals surface area contributed by atoms with E-state index < -0.39 is 12.0 Å². The molecule has 0 radical (unpaired) electrons. The van der Waals surface area contributed by atoms with E-state index in [1.165, 1.54) is 24.9 Å². The Kier molecular flexibility index (Phi) is 10.6.